The van der Waals surface area contributed by atoms with Crippen molar-refractivity contribution in [1.29, 1.82) is 0 Å². The number of oxime groups is 1. The molecule has 0 spiro atoms. The highest BCUT2D eigenvalue weighted by Gasteiger charge is 2.32. The molecule has 2 rings (SSSR count). The maximum atomic E-state index is 12.6. The Morgan fingerprint density at radius 1 is 1.53 bits per heavy atom. The van der Waals surface area contributed by atoms with Gasteiger partial charge in [-0.1, -0.05) is 5.16 Å². The highest BCUT2D eigenvalue weighted by Crippen LogP contribution is 2.26. The van der Waals surface area contributed by atoms with Crippen molar-refractivity contribution in [2.75, 3.05) is 0 Å². The molecular weight excluding hydrogens is 329 g/mol. The Labute approximate surface area is 113 Å². The summed E-state index contributed by atoms with van der Waals surface area (Å²) in [5, 5.41) is 11.3. The SMILES string of the molecule is N/C(=N/O)c1nc2c(Br)cccn2c1CC(F)(F)F. The van der Waals surface area contributed by atoms with Crippen molar-refractivity contribution in [3.05, 3.63) is 34.2 Å². The van der Waals surface area contributed by atoms with Gasteiger partial charge < -0.3 is 15.3 Å². The molecule has 0 aliphatic heterocycles. The van der Waals surface area contributed by atoms with E-state index >= 15 is 0 Å². The van der Waals surface area contributed by atoms with Crippen LogP contribution in [0.25, 0.3) is 5.65 Å². The third kappa shape index (κ3) is 2.65. The van der Waals surface area contributed by atoms with Gasteiger partial charge in [-0.15, -0.1) is 0 Å². The smallest absolute Gasteiger partial charge is 0.394 e. The quantitative estimate of drug-likeness (QED) is 0.382. The van der Waals surface area contributed by atoms with E-state index in [4.69, 9.17) is 10.9 Å². The predicted octanol–water partition coefficient (Wildman–Crippen LogP) is 2.30. The fraction of sp³-hybridized carbons (Fsp3) is 0.200. The number of aromatic nitrogens is 2. The number of hydrogen-bond donors (Lipinski definition) is 2. The summed E-state index contributed by atoms with van der Waals surface area (Å²) in [5.41, 5.74) is 5.27. The number of pyridine rings is 1. The highest BCUT2D eigenvalue weighted by atomic mass is 79.9. The summed E-state index contributed by atoms with van der Waals surface area (Å²) in [7, 11) is 0. The molecule has 0 fully saturated rings. The number of rotatable bonds is 2. The third-order valence-electron chi connectivity index (χ3n) is 2.42. The van der Waals surface area contributed by atoms with Crippen molar-refractivity contribution in [3.63, 3.8) is 0 Å². The number of fused-ring (bicyclic) bond motifs is 1. The maximum Gasteiger partial charge on any atom is 0.394 e. The average molecular weight is 337 g/mol. The van der Waals surface area contributed by atoms with Crippen molar-refractivity contribution in [2.45, 2.75) is 12.6 Å². The Hall–Kier alpha value is -1.77. The second-order valence-electron chi connectivity index (χ2n) is 3.73. The van der Waals surface area contributed by atoms with E-state index in [2.05, 4.69) is 26.1 Å². The van der Waals surface area contributed by atoms with Crippen LogP contribution in [0.5, 0.6) is 0 Å². The molecule has 0 aliphatic carbocycles. The predicted molar refractivity (Wildman–Crippen MR) is 65.2 cm³/mol. The molecule has 0 radical (unpaired) electrons. The molecule has 2 heterocycles. The minimum Gasteiger partial charge on any atom is -0.409 e. The standard InChI is InChI=1S/C10H8BrF3N4O/c11-5-2-1-3-18-6(4-10(12,13)14)7(8(15)17-19)16-9(5)18/h1-3,19H,4H2,(H2,15,17). The van der Waals surface area contributed by atoms with Gasteiger partial charge in [-0.25, -0.2) is 4.98 Å². The van der Waals surface area contributed by atoms with Gasteiger partial charge in [-0.3, -0.25) is 0 Å². The normalized spacial score (nSPS) is 13.2. The summed E-state index contributed by atoms with van der Waals surface area (Å²) >= 11 is 3.19. The molecule has 102 valence electrons. The Morgan fingerprint density at radius 2 is 2.21 bits per heavy atom. The second-order valence-corrected chi connectivity index (χ2v) is 4.59. The van der Waals surface area contributed by atoms with E-state index < -0.39 is 18.4 Å². The first-order valence-electron chi connectivity index (χ1n) is 5.03. The Morgan fingerprint density at radius 3 is 2.79 bits per heavy atom. The lowest BCUT2D eigenvalue weighted by molar-refractivity contribution is -0.128. The summed E-state index contributed by atoms with van der Waals surface area (Å²) in [6.07, 6.45) is -4.22. The van der Waals surface area contributed by atoms with Gasteiger partial charge in [0.05, 0.1) is 16.6 Å². The number of amidine groups is 1. The summed E-state index contributed by atoms with van der Waals surface area (Å²) < 4.78 is 39.6. The van der Waals surface area contributed by atoms with E-state index in [1.807, 2.05) is 0 Å². The number of nitrogens with two attached hydrogens (primary N) is 1. The summed E-state index contributed by atoms with van der Waals surface area (Å²) in [6.45, 7) is 0. The van der Waals surface area contributed by atoms with Gasteiger partial charge in [-0.05, 0) is 28.1 Å². The minimum atomic E-state index is -4.43. The van der Waals surface area contributed by atoms with Gasteiger partial charge in [0.1, 0.15) is 5.69 Å². The second kappa shape index (κ2) is 4.72. The van der Waals surface area contributed by atoms with Crippen molar-refractivity contribution in [1.82, 2.24) is 9.38 Å². The average Bonchev–Trinajstić information content (AvgIpc) is 2.67. The fourth-order valence-electron chi connectivity index (χ4n) is 1.69. The molecule has 5 nitrogen and oxygen atoms in total. The maximum absolute atomic E-state index is 12.6. The molecule has 0 saturated carbocycles. The molecule has 0 aliphatic rings. The van der Waals surface area contributed by atoms with Crippen LogP contribution in [0.15, 0.2) is 28.0 Å². The number of nitrogens with zero attached hydrogens (tertiary/aromatic N) is 3. The van der Waals surface area contributed by atoms with Crippen molar-refractivity contribution in [2.24, 2.45) is 10.9 Å². The molecule has 0 atom stereocenters. The zero-order valence-corrected chi connectivity index (χ0v) is 10.9. The largest absolute Gasteiger partial charge is 0.409 e. The number of imidazole rings is 1. The van der Waals surface area contributed by atoms with Crippen molar-refractivity contribution in [3.8, 4) is 0 Å². The van der Waals surface area contributed by atoms with E-state index in [1.165, 1.54) is 10.6 Å². The van der Waals surface area contributed by atoms with Gasteiger partial charge in [-0.2, -0.15) is 13.2 Å². The topological polar surface area (TPSA) is 75.9 Å². The van der Waals surface area contributed by atoms with E-state index in [9.17, 15) is 13.2 Å². The molecule has 0 saturated heterocycles. The van der Waals surface area contributed by atoms with E-state index in [0.29, 0.717) is 4.47 Å². The molecule has 0 aromatic carbocycles. The molecule has 19 heavy (non-hydrogen) atoms. The van der Waals surface area contributed by atoms with E-state index in [-0.39, 0.29) is 17.0 Å². The van der Waals surface area contributed by atoms with Crippen LogP contribution in [0, 0.1) is 0 Å². The molecular formula is C10H8BrF3N4O. The Kier molecular flexibility index (Phi) is 3.40. The molecule has 2 aromatic heterocycles. The summed E-state index contributed by atoms with van der Waals surface area (Å²) in [4.78, 5) is 3.97. The summed E-state index contributed by atoms with van der Waals surface area (Å²) in [5.74, 6) is -0.463. The van der Waals surface area contributed by atoms with Crippen LogP contribution in [0.2, 0.25) is 0 Å². The fourth-order valence-corrected chi connectivity index (χ4v) is 2.13. The van der Waals surface area contributed by atoms with Gasteiger partial charge in [0.25, 0.3) is 0 Å². The van der Waals surface area contributed by atoms with Gasteiger partial charge in [0.15, 0.2) is 11.5 Å². The zero-order valence-electron chi connectivity index (χ0n) is 9.32. The Balaban J connectivity index is 2.73. The number of halogens is 4. The zero-order chi connectivity index (χ0) is 14.2. The first kappa shape index (κ1) is 13.7. The van der Waals surface area contributed by atoms with Crippen molar-refractivity contribution < 1.29 is 18.4 Å². The van der Waals surface area contributed by atoms with Gasteiger partial charge in [0, 0.05) is 6.20 Å². The molecule has 9 heteroatoms. The van der Waals surface area contributed by atoms with E-state index in [1.54, 1.807) is 12.1 Å². The van der Waals surface area contributed by atoms with Crippen LogP contribution in [0.1, 0.15) is 11.4 Å². The lowest BCUT2D eigenvalue weighted by Gasteiger charge is -2.07. The van der Waals surface area contributed by atoms with Crippen LogP contribution < -0.4 is 5.73 Å². The first-order valence-corrected chi connectivity index (χ1v) is 5.83. The van der Waals surface area contributed by atoms with Crippen LogP contribution in [0.4, 0.5) is 13.2 Å². The first-order chi connectivity index (χ1) is 8.83. The molecule has 3 N–H and O–H groups in total. The molecule has 2 aromatic rings. The van der Waals surface area contributed by atoms with Crippen molar-refractivity contribution >= 4 is 27.4 Å². The third-order valence-corrected chi connectivity index (χ3v) is 3.04. The van der Waals surface area contributed by atoms with Gasteiger partial charge in [0.2, 0.25) is 0 Å². The highest BCUT2D eigenvalue weighted by molar-refractivity contribution is 9.10. The van der Waals surface area contributed by atoms with Crippen LogP contribution in [0.3, 0.4) is 0 Å². The number of hydrogen-bond acceptors (Lipinski definition) is 3. The van der Waals surface area contributed by atoms with Crippen LogP contribution >= 0.6 is 15.9 Å². The number of alkyl halides is 3. The van der Waals surface area contributed by atoms with Gasteiger partial charge >= 0.3 is 6.18 Å². The lowest BCUT2D eigenvalue weighted by atomic mass is 10.2. The molecule has 0 unspecified atom stereocenters. The lowest BCUT2D eigenvalue weighted by Crippen LogP contribution is -2.20. The van der Waals surface area contributed by atoms with E-state index in [0.717, 1.165) is 0 Å². The minimum absolute atomic E-state index is 0.181. The summed E-state index contributed by atoms with van der Waals surface area (Å²) in [6, 6.07) is 3.20. The van der Waals surface area contributed by atoms with Crippen LogP contribution in [-0.4, -0.2) is 26.6 Å². The molecule has 0 amide bonds. The monoisotopic (exact) mass is 336 g/mol. The van der Waals surface area contributed by atoms with Crippen LogP contribution in [-0.2, 0) is 6.42 Å². The Bertz CT molecular complexity index is 650. The molecule has 0 bridgehead atoms.